The quantitative estimate of drug-likeness (QED) is 0.622. The molecule has 1 aromatic carbocycles. The molecular weight excluding hydrogens is 316 g/mol. The highest BCUT2D eigenvalue weighted by Crippen LogP contribution is 2.42. The molecule has 4 aromatic rings. The van der Waals surface area contributed by atoms with E-state index in [4.69, 9.17) is 4.42 Å². The van der Waals surface area contributed by atoms with Crippen LogP contribution in [-0.4, -0.2) is 21.6 Å². The minimum atomic E-state index is -0.357. The average Bonchev–Trinajstić information content (AvgIpc) is 3.43. The number of fused-ring (bicyclic) bond motifs is 3. The standard InChI is InChI=1S/C19H16N4O2/c1-20-18-17-16(23(19(24)22-18)13-3-2-8-21-10-13)14-9-12(11-4-5-11)6-7-15(14)25-17/h2-3,6-11H,4-5H2,1H3,(H,20,22,24). The molecule has 0 amide bonds. The van der Waals surface area contributed by atoms with Crippen LogP contribution in [0.1, 0.15) is 24.3 Å². The van der Waals surface area contributed by atoms with E-state index in [1.54, 1.807) is 30.1 Å². The summed E-state index contributed by atoms with van der Waals surface area (Å²) in [6, 6.07) is 9.89. The van der Waals surface area contributed by atoms with Gasteiger partial charge in [-0.25, -0.2) is 4.79 Å². The Labute approximate surface area is 143 Å². The highest BCUT2D eigenvalue weighted by molar-refractivity contribution is 6.06. The second-order valence-corrected chi connectivity index (χ2v) is 6.35. The third-order valence-electron chi connectivity index (χ3n) is 4.71. The van der Waals surface area contributed by atoms with Gasteiger partial charge in [-0.05, 0) is 48.6 Å². The molecular formula is C19H16N4O2. The molecule has 1 aliphatic rings. The predicted molar refractivity (Wildman–Crippen MR) is 96.4 cm³/mol. The zero-order valence-corrected chi connectivity index (χ0v) is 13.7. The first-order valence-corrected chi connectivity index (χ1v) is 8.33. The molecule has 0 radical (unpaired) electrons. The summed E-state index contributed by atoms with van der Waals surface area (Å²) in [7, 11) is 1.73. The molecule has 1 N–H and O–H groups in total. The van der Waals surface area contributed by atoms with Crippen molar-refractivity contribution in [2.24, 2.45) is 0 Å². The van der Waals surface area contributed by atoms with Gasteiger partial charge < -0.3 is 9.73 Å². The zero-order valence-electron chi connectivity index (χ0n) is 13.7. The van der Waals surface area contributed by atoms with E-state index < -0.39 is 0 Å². The third-order valence-corrected chi connectivity index (χ3v) is 4.71. The Kier molecular flexibility index (Phi) is 2.94. The summed E-state index contributed by atoms with van der Waals surface area (Å²) in [6.07, 6.45) is 5.78. The van der Waals surface area contributed by atoms with Gasteiger partial charge in [0.15, 0.2) is 11.4 Å². The highest BCUT2D eigenvalue weighted by Gasteiger charge is 2.25. The maximum atomic E-state index is 12.7. The summed E-state index contributed by atoms with van der Waals surface area (Å²) in [4.78, 5) is 21.0. The van der Waals surface area contributed by atoms with Crippen molar-refractivity contribution < 1.29 is 4.42 Å². The van der Waals surface area contributed by atoms with Crippen LogP contribution in [0.5, 0.6) is 0 Å². The van der Waals surface area contributed by atoms with Crippen molar-refractivity contribution in [2.45, 2.75) is 18.8 Å². The van der Waals surface area contributed by atoms with Crippen LogP contribution in [-0.2, 0) is 0 Å². The maximum absolute atomic E-state index is 12.7. The molecule has 1 saturated carbocycles. The number of benzene rings is 1. The van der Waals surface area contributed by atoms with Gasteiger partial charge in [0.2, 0.25) is 0 Å². The van der Waals surface area contributed by atoms with E-state index in [9.17, 15) is 4.79 Å². The van der Waals surface area contributed by atoms with E-state index >= 15 is 0 Å². The summed E-state index contributed by atoms with van der Waals surface area (Å²) < 4.78 is 7.62. The number of nitrogens with one attached hydrogen (secondary N) is 1. The summed E-state index contributed by atoms with van der Waals surface area (Å²) >= 11 is 0. The molecule has 5 rings (SSSR count). The lowest BCUT2D eigenvalue weighted by atomic mass is 10.1. The lowest BCUT2D eigenvalue weighted by Crippen LogP contribution is -2.22. The summed E-state index contributed by atoms with van der Waals surface area (Å²) in [6.45, 7) is 0. The van der Waals surface area contributed by atoms with Crippen LogP contribution in [0.4, 0.5) is 5.82 Å². The lowest BCUT2D eigenvalue weighted by molar-refractivity contribution is 0.664. The van der Waals surface area contributed by atoms with Gasteiger partial charge in [-0.2, -0.15) is 4.98 Å². The lowest BCUT2D eigenvalue weighted by Gasteiger charge is -2.08. The van der Waals surface area contributed by atoms with E-state index in [2.05, 4.69) is 27.4 Å². The molecule has 0 aliphatic heterocycles. The Hall–Kier alpha value is -3.15. The molecule has 3 heterocycles. The number of rotatable bonds is 3. The van der Waals surface area contributed by atoms with Crippen LogP contribution in [0.25, 0.3) is 27.8 Å². The van der Waals surface area contributed by atoms with E-state index in [1.165, 1.54) is 18.4 Å². The molecule has 124 valence electrons. The van der Waals surface area contributed by atoms with E-state index in [0.29, 0.717) is 23.0 Å². The molecule has 6 nitrogen and oxygen atoms in total. The molecule has 0 atom stereocenters. The summed E-state index contributed by atoms with van der Waals surface area (Å²) in [5.41, 5.74) is 3.67. The van der Waals surface area contributed by atoms with Crippen molar-refractivity contribution in [3.05, 3.63) is 58.8 Å². The molecule has 6 heteroatoms. The maximum Gasteiger partial charge on any atom is 0.354 e. The fourth-order valence-corrected chi connectivity index (χ4v) is 3.34. The van der Waals surface area contributed by atoms with Gasteiger partial charge in [0.1, 0.15) is 11.1 Å². The second kappa shape index (κ2) is 5.17. The monoisotopic (exact) mass is 332 g/mol. The first kappa shape index (κ1) is 14.2. The number of furan rings is 1. The van der Waals surface area contributed by atoms with Crippen LogP contribution in [0, 0.1) is 0 Å². The third kappa shape index (κ3) is 2.14. The van der Waals surface area contributed by atoms with E-state index in [0.717, 1.165) is 16.5 Å². The fraction of sp³-hybridized carbons (Fsp3) is 0.211. The fourth-order valence-electron chi connectivity index (χ4n) is 3.34. The van der Waals surface area contributed by atoms with Gasteiger partial charge in [0, 0.05) is 18.6 Å². The smallest absolute Gasteiger partial charge is 0.354 e. The normalized spacial score (nSPS) is 14.3. The van der Waals surface area contributed by atoms with Crippen LogP contribution in [0.3, 0.4) is 0 Å². The molecule has 25 heavy (non-hydrogen) atoms. The summed E-state index contributed by atoms with van der Waals surface area (Å²) in [5, 5.41) is 3.90. The van der Waals surface area contributed by atoms with Crippen molar-refractivity contribution >= 4 is 27.9 Å². The Morgan fingerprint density at radius 1 is 1.28 bits per heavy atom. The average molecular weight is 332 g/mol. The topological polar surface area (TPSA) is 73.0 Å². The zero-order chi connectivity index (χ0) is 17.0. The molecule has 0 bridgehead atoms. The first-order valence-electron chi connectivity index (χ1n) is 8.33. The van der Waals surface area contributed by atoms with Crippen LogP contribution in [0.2, 0.25) is 0 Å². The van der Waals surface area contributed by atoms with Crippen LogP contribution >= 0.6 is 0 Å². The largest absolute Gasteiger partial charge is 0.451 e. The molecule has 0 saturated heterocycles. The Morgan fingerprint density at radius 3 is 2.88 bits per heavy atom. The van der Waals surface area contributed by atoms with Gasteiger partial charge in [-0.1, -0.05) is 6.07 Å². The molecule has 1 fully saturated rings. The minimum Gasteiger partial charge on any atom is -0.451 e. The van der Waals surface area contributed by atoms with Gasteiger partial charge in [0.25, 0.3) is 0 Å². The van der Waals surface area contributed by atoms with E-state index in [-0.39, 0.29) is 5.69 Å². The minimum absolute atomic E-state index is 0.357. The molecule has 1 aliphatic carbocycles. The van der Waals surface area contributed by atoms with Crippen molar-refractivity contribution in [1.29, 1.82) is 0 Å². The molecule has 0 spiro atoms. The van der Waals surface area contributed by atoms with Crippen molar-refractivity contribution in [3.8, 4) is 5.69 Å². The van der Waals surface area contributed by atoms with Gasteiger partial charge in [-0.3, -0.25) is 9.55 Å². The number of nitrogens with zero attached hydrogens (tertiary/aromatic N) is 3. The number of aromatic nitrogens is 3. The Bertz CT molecular complexity index is 1160. The van der Waals surface area contributed by atoms with Crippen molar-refractivity contribution in [1.82, 2.24) is 14.5 Å². The van der Waals surface area contributed by atoms with Gasteiger partial charge in [-0.15, -0.1) is 0 Å². The predicted octanol–water partition coefficient (Wildman–Crippen LogP) is 3.45. The number of anilines is 1. The molecule has 0 unspecified atom stereocenters. The molecule has 3 aromatic heterocycles. The van der Waals surface area contributed by atoms with Crippen molar-refractivity contribution in [3.63, 3.8) is 0 Å². The Morgan fingerprint density at radius 2 is 2.16 bits per heavy atom. The summed E-state index contributed by atoms with van der Waals surface area (Å²) in [5.74, 6) is 1.07. The Balaban J connectivity index is 1.94. The number of hydrogen-bond acceptors (Lipinski definition) is 5. The SMILES string of the molecule is CNc1nc(=O)n(-c2cccnc2)c2c1oc1ccc(C3CC3)cc12. The highest BCUT2D eigenvalue weighted by atomic mass is 16.3. The van der Waals surface area contributed by atoms with E-state index in [1.807, 2.05) is 12.1 Å². The van der Waals surface area contributed by atoms with Crippen LogP contribution < -0.4 is 11.0 Å². The van der Waals surface area contributed by atoms with Gasteiger partial charge in [0.05, 0.1) is 11.9 Å². The van der Waals surface area contributed by atoms with Crippen LogP contribution in [0.15, 0.2) is 51.9 Å². The number of hydrogen-bond donors (Lipinski definition) is 1. The van der Waals surface area contributed by atoms with Gasteiger partial charge >= 0.3 is 5.69 Å². The van der Waals surface area contributed by atoms with Crippen molar-refractivity contribution in [2.75, 3.05) is 12.4 Å². The number of pyridine rings is 1. The second-order valence-electron chi connectivity index (χ2n) is 6.35. The first-order chi connectivity index (χ1) is 12.3.